The van der Waals surface area contributed by atoms with E-state index in [2.05, 4.69) is 24.9 Å². The molecule has 0 atom stereocenters. The third-order valence-corrected chi connectivity index (χ3v) is 26.4. The van der Waals surface area contributed by atoms with E-state index in [1.54, 1.807) is 0 Å². The van der Waals surface area contributed by atoms with E-state index in [4.69, 9.17) is 34.6 Å². The van der Waals surface area contributed by atoms with Gasteiger partial charge in [0.25, 0.3) is 0 Å². The molecule has 28 nitrogen and oxygen atoms in total. The first-order valence-electron chi connectivity index (χ1n) is 40.5. The molecule has 10 heterocycles. The van der Waals surface area contributed by atoms with Crippen molar-refractivity contribution in [3.05, 3.63) is 0 Å². The Morgan fingerprint density at radius 1 is 0.250 bits per heavy atom. The van der Waals surface area contributed by atoms with Crippen LogP contribution in [0.2, 0.25) is 0 Å². The molecule has 8 aliphatic heterocycles. The van der Waals surface area contributed by atoms with Crippen LogP contribution in [-0.4, -0.2) is 221 Å². The van der Waals surface area contributed by atoms with Gasteiger partial charge in [0.15, 0.2) is 0 Å². The van der Waals surface area contributed by atoms with Crippen LogP contribution in [0, 0.1) is 0 Å². The second-order valence-electron chi connectivity index (χ2n) is 44.7. The predicted molar refractivity (Wildman–Crippen MR) is 413 cm³/mol. The van der Waals surface area contributed by atoms with Crippen molar-refractivity contribution in [2.45, 2.75) is 461 Å². The number of rotatable bonds is 17. The smallest absolute Gasteiger partial charge is 0.323 e. The molecule has 2 aromatic heterocycles. The van der Waals surface area contributed by atoms with E-state index >= 15 is 0 Å². The van der Waals surface area contributed by atoms with Gasteiger partial charge < -0.3 is 29.7 Å². The topological polar surface area (TPSA) is 297 Å². The van der Waals surface area contributed by atoms with E-state index in [1.807, 2.05) is 222 Å². The van der Waals surface area contributed by atoms with Crippen molar-refractivity contribution in [3.8, 4) is 6.01 Å². The van der Waals surface area contributed by atoms with Crippen LogP contribution >= 0.6 is 0 Å². The molecule has 0 saturated carbocycles. The molecule has 610 valence electrons. The van der Waals surface area contributed by atoms with E-state index in [-0.39, 0.29) is 73.4 Å². The molecule has 8 fully saturated rings. The minimum atomic E-state index is -0.829. The Morgan fingerprint density at radius 3 is 0.537 bits per heavy atom. The van der Waals surface area contributed by atoms with Gasteiger partial charge in [0.05, 0.1) is 6.54 Å². The zero-order chi connectivity index (χ0) is 81.4. The van der Waals surface area contributed by atoms with E-state index in [0.717, 1.165) is 0 Å². The summed E-state index contributed by atoms with van der Waals surface area (Å²) >= 11 is 0. The van der Waals surface area contributed by atoms with Gasteiger partial charge in [-0.15, -0.1) is 82.2 Å². The van der Waals surface area contributed by atoms with Crippen LogP contribution in [0.15, 0.2) is 0 Å². The third kappa shape index (κ3) is 16.6. The number of aromatic nitrogens is 6. The maximum Gasteiger partial charge on any atom is 0.323 e. The number of hydroxylamine groups is 16. The average Bonchev–Trinajstić information content (AvgIpc) is 0.741. The van der Waals surface area contributed by atoms with E-state index in [9.17, 15) is 41.7 Å². The number of hydrogen-bond acceptors (Lipinski definition) is 20. The Balaban J connectivity index is 1.17. The fourth-order valence-electron chi connectivity index (χ4n) is 23.4. The second kappa shape index (κ2) is 28.0. The molecule has 0 spiro atoms. The number of piperidine rings is 8. The van der Waals surface area contributed by atoms with Gasteiger partial charge in [0.2, 0.25) is 29.7 Å². The third-order valence-electron chi connectivity index (χ3n) is 26.4. The van der Waals surface area contributed by atoms with Gasteiger partial charge >= 0.3 is 6.01 Å². The molecule has 0 aliphatic carbocycles. The van der Waals surface area contributed by atoms with Gasteiger partial charge in [0, 0.05) is 137 Å². The van der Waals surface area contributed by atoms with Crippen LogP contribution < -0.4 is 29.7 Å². The van der Waals surface area contributed by atoms with Crippen LogP contribution in [0.3, 0.4) is 0 Å². The molecule has 0 unspecified atom stereocenters. The van der Waals surface area contributed by atoms with Gasteiger partial charge in [-0.25, -0.2) is 0 Å². The summed E-state index contributed by atoms with van der Waals surface area (Å²) in [4.78, 5) is 42.6. The highest BCUT2D eigenvalue weighted by atomic mass is 16.5. The molecule has 8 radical (unpaired) electrons. The van der Waals surface area contributed by atoms with Crippen LogP contribution in [0.4, 0.5) is 29.7 Å². The molecule has 28 heteroatoms. The standard InChI is InChI=1S/C80H141N19O9/c1-65(2)35-51(36-66(3,4)92(65)100)88(52-37-67(5,6)93(101)68(7,8)38-52)60-82-59(83-61(84-60)89(53-39-69(9,10)94(102)70(11,12)40-53)54-41-71(13,14)95(103)72(15,16)42-54)81-33-34-108-64-86-62(90(55-43-73(17,18)96(104)74(19,20)44-55)56-45-75(21,22)97(105)76(23,24)46-56)85-63(87-64)91(57-47-77(25,26)98(106)78(27,28)48-57)58-49-79(29,30)99(107)80(31,32)50-58/h51-58H,33-50H2,1-32H3,(H,81,82,83,84). The molecular weight excluding hydrogens is 1370 g/mol. The zero-order valence-corrected chi connectivity index (χ0v) is 72.6. The Bertz CT molecular complexity index is 2790. The number of hydrogen-bond donors (Lipinski definition) is 1. The molecule has 8 saturated heterocycles. The normalized spacial score (nSPS) is 29.4. The summed E-state index contributed by atoms with van der Waals surface area (Å²) in [7, 11) is 0. The van der Waals surface area contributed by atoms with Crippen molar-refractivity contribution in [2.75, 3.05) is 38.1 Å². The van der Waals surface area contributed by atoms with Crippen molar-refractivity contribution < 1.29 is 46.4 Å². The van der Waals surface area contributed by atoms with Crippen molar-refractivity contribution in [2.24, 2.45) is 0 Å². The summed E-state index contributed by atoms with van der Waals surface area (Å²) in [6.07, 6.45) is 7.26. The summed E-state index contributed by atoms with van der Waals surface area (Å²) in [6, 6.07) is -2.41. The quantitative estimate of drug-likeness (QED) is 0.144. The minimum Gasteiger partial charge on any atom is -0.461 e. The molecule has 8 aliphatic rings. The van der Waals surface area contributed by atoms with Gasteiger partial charge in [0.1, 0.15) is 6.61 Å². The Kier molecular flexibility index (Phi) is 22.4. The van der Waals surface area contributed by atoms with Crippen LogP contribution in [-0.2, 0) is 41.7 Å². The highest BCUT2D eigenvalue weighted by Crippen LogP contribution is 2.53. The fourth-order valence-corrected chi connectivity index (χ4v) is 23.4. The lowest BCUT2D eigenvalue weighted by molar-refractivity contribution is -0.294. The molecule has 0 amide bonds. The van der Waals surface area contributed by atoms with Gasteiger partial charge in [-0.2, -0.15) is 29.9 Å². The maximum atomic E-state index is 14.4. The maximum absolute atomic E-state index is 14.4. The van der Waals surface area contributed by atoms with Crippen molar-refractivity contribution >= 4 is 29.7 Å². The zero-order valence-electron chi connectivity index (χ0n) is 72.6. The monoisotopic (exact) mass is 1510 g/mol. The lowest BCUT2D eigenvalue weighted by Gasteiger charge is -2.58. The molecule has 10 rings (SSSR count). The predicted octanol–water partition coefficient (Wildman–Crippen LogP) is 13.7. The number of nitrogens with zero attached hydrogens (tertiary/aromatic N) is 18. The Morgan fingerprint density at radius 2 is 0.389 bits per heavy atom. The van der Waals surface area contributed by atoms with E-state index in [0.29, 0.717) is 127 Å². The van der Waals surface area contributed by atoms with Crippen molar-refractivity contribution in [1.82, 2.24) is 70.4 Å². The van der Waals surface area contributed by atoms with Gasteiger partial charge in [-0.1, -0.05) is 0 Å². The summed E-state index contributed by atoms with van der Waals surface area (Å²) < 4.78 is 7.07. The number of ether oxygens (including phenoxy) is 1. The van der Waals surface area contributed by atoms with Crippen LogP contribution in [0.25, 0.3) is 0 Å². The van der Waals surface area contributed by atoms with Gasteiger partial charge in [-0.05, 0) is 324 Å². The first kappa shape index (κ1) is 86.6. The first-order chi connectivity index (χ1) is 48.6. The summed E-state index contributed by atoms with van der Waals surface area (Å²) in [5, 5.41) is 129. The molecule has 0 bridgehead atoms. The summed E-state index contributed by atoms with van der Waals surface area (Å²) in [5.41, 5.74) is -13.2. The highest BCUT2D eigenvalue weighted by Gasteiger charge is 2.60. The number of nitrogens with one attached hydrogen (secondary N) is 1. The summed E-state index contributed by atoms with van der Waals surface area (Å²) in [6.45, 7) is 63.8. The summed E-state index contributed by atoms with van der Waals surface area (Å²) in [5.74, 6) is 1.64. The van der Waals surface area contributed by atoms with Crippen LogP contribution in [0.5, 0.6) is 6.01 Å². The highest BCUT2D eigenvalue weighted by molar-refractivity contribution is 5.51. The molecular formula is C80H141N19O9. The van der Waals surface area contributed by atoms with Crippen molar-refractivity contribution in [1.29, 1.82) is 0 Å². The number of anilines is 5. The Hall–Kier alpha value is -3.82. The molecule has 108 heavy (non-hydrogen) atoms. The largest absolute Gasteiger partial charge is 0.461 e. The minimum absolute atomic E-state index is 0.0232. The van der Waals surface area contributed by atoms with E-state index < -0.39 is 88.6 Å². The first-order valence-corrected chi connectivity index (χ1v) is 40.5. The fraction of sp³-hybridized carbons (Fsp3) is 0.925. The second-order valence-corrected chi connectivity index (χ2v) is 44.7. The van der Waals surface area contributed by atoms with Crippen LogP contribution in [0.1, 0.15) is 324 Å². The lowest BCUT2D eigenvalue weighted by atomic mass is 9.74. The molecule has 0 aromatic carbocycles. The van der Waals surface area contributed by atoms with Gasteiger partial charge in [-0.3, -0.25) is 0 Å². The SMILES string of the molecule is CC1(C)CC(N(c2nc(NCCOc3nc(N(C4CC(C)(C)N([O])C(C)(C)C4)C4CC(C)(C)N([O])C(C)(C)C4)nc(N(C4CC(C)(C)N([O])C(C)(C)C4)C4CC(C)(C)N([O])C(C)(C)C4)n3)nc(N(C3CC(C)(C)N([O])C(C)(C)C3)C3CC(C)(C)N([O])C(C)(C)C3)n2)C2CC(C)(C)N([O])C(C)(C)C2)CC(C)(C)N1[O]. The Labute approximate surface area is 649 Å². The lowest BCUT2D eigenvalue weighted by Crippen LogP contribution is -2.68. The van der Waals surface area contributed by atoms with E-state index in [1.165, 1.54) is 40.5 Å². The molecule has 1 N–H and O–H groups in total. The average molecular weight is 1510 g/mol. The van der Waals surface area contributed by atoms with Crippen molar-refractivity contribution in [3.63, 3.8) is 0 Å². The molecule has 2 aromatic rings.